The second-order valence-corrected chi connectivity index (χ2v) is 5.63. The Balaban J connectivity index is 1.64. The lowest BCUT2D eigenvalue weighted by Crippen LogP contribution is -2.34. The molecule has 0 aliphatic carbocycles. The highest BCUT2D eigenvalue weighted by atomic mass is 16.2. The average Bonchev–Trinajstić information content (AvgIpc) is 2.66. The highest BCUT2D eigenvalue weighted by Crippen LogP contribution is 2.28. The van der Waals surface area contributed by atoms with Gasteiger partial charge in [0.2, 0.25) is 5.91 Å². The molecule has 1 amide bonds. The average molecular weight is 258 g/mol. The number of hydrogen-bond acceptors (Lipinski definition) is 2. The maximum atomic E-state index is 12.4. The van der Waals surface area contributed by atoms with Crippen LogP contribution in [0, 0.1) is 0 Å². The molecule has 102 valence electrons. The van der Waals surface area contributed by atoms with Gasteiger partial charge in [-0.3, -0.25) is 4.79 Å². The van der Waals surface area contributed by atoms with Gasteiger partial charge in [0, 0.05) is 32.1 Å². The molecule has 1 unspecified atom stereocenters. The first-order chi connectivity index (χ1) is 9.34. The lowest BCUT2D eigenvalue weighted by Gasteiger charge is -2.22. The van der Waals surface area contributed by atoms with Gasteiger partial charge in [-0.1, -0.05) is 37.1 Å². The zero-order valence-corrected chi connectivity index (χ0v) is 11.4. The number of amides is 1. The minimum atomic E-state index is 0.215. The SMILES string of the molecule is O=C(CC1NCc2ccccc21)N1CCCCCC1. The van der Waals surface area contributed by atoms with E-state index in [0.717, 1.165) is 19.6 Å². The summed E-state index contributed by atoms with van der Waals surface area (Å²) in [5, 5.41) is 3.46. The van der Waals surface area contributed by atoms with E-state index in [1.165, 1.54) is 36.8 Å². The summed E-state index contributed by atoms with van der Waals surface area (Å²) in [5.41, 5.74) is 2.65. The number of benzene rings is 1. The van der Waals surface area contributed by atoms with E-state index < -0.39 is 0 Å². The smallest absolute Gasteiger partial charge is 0.224 e. The molecule has 1 fully saturated rings. The Bertz CT molecular complexity index is 450. The first-order valence-corrected chi connectivity index (χ1v) is 7.43. The van der Waals surface area contributed by atoms with Crippen molar-refractivity contribution < 1.29 is 4.79 Å². The Morgan fingerprint density at radius 3 is 2.68 bits per heavy atom. The van der Waals surface area contributed by atoms with Crippen molar-refractivity contribution >= 4 is 5.91 Å². The fourth-order valence-corrected chi connectivity index (χ4v) is 3.18. The lowest BCUT2D eigenvalue weighted by molar-refractivity contribution is -0.131. The molecule has 19 heavy (non-hydrogen) atoms. The number of nitrogens with one attached hydrogen (secondary N) is 1. The molecule has 3 rings (SSSR count). The summed E-state index contributed by atoms with van der Waals surface area (Å²) >= 11 is 0. The summed E-state index contributed by atoms with van der Waals surface area (Å²) in [5.74, 6) is 0.316. The molecule has 2 aliphatic heterocycles. The number of hydrogen-bond donors (Lipinski definition) is 1. The second kappa shape index (κ2) is 5.74. The van der Waals surface area contributed by atoms with E-state index in [0.29, 0.717) is 12.3 Å². The summed E-state index contributed by atoms with van der Waals surface area (Å²) in [4.78, 5) is 14.5. The van der Waals surface area contributed by atoms with Crippen LogP contribution in [0.25, 0.3) is 0 Å². The van der Waals surface area contributed by atoms with Crippen LogP contribution < -0.4 is 5.32 Å². The molecule has 1 atom stereocenters. The number of carbonyl (C=O) groups excluding carboxylic acids is 1. The molecule has 1 saturated heterocycles. The van der Waals surface area contributed by atoms with Crippen LogP contribution in [-0.2, 0) is 11.3 Å². The van der Waals surface area contributed by atoms with E-state index in [4.69, 9.17) is 0 Å². The maximum absolute atomic E-state index is 12.4. The molecule has 1 N–H and O–H groups in total. The van der Waals surface area contributed by atoms with Crippen molar-refractivity contribution in [1.82, 2.24) is 10.2 Å². The van der Waals surface area contributed by atoms with Crippen molar-refractivity contribution in [3.63, 3.8) is 0 Å². The fourth-order valence-electron chi connectivity index (χ4n) is 3.18. The highest BCUT2D eigenvalue weighted by Gasteiger charge is 2.26. The summed E-state index contributed by atoms with van der Waals surface area (Å²) < 4.78 is 0. The van der Waals surface area contributed by atoms with Crippen LogP contribution in [-0.4, -0.2) is 23.9 Å². The van der Waals surface area contributed by atoms with E-state index in [2.05, 4.69) is 34.5 Å². The molecule has 0 radical (unpaired) electrons. The molecule has 0 spiro atoms. The molecule has 2 heterocycles. The molecule has 1 aromatic rings. The molecule has 0 saturated carbocycles. The van der Waals surface area contributed by atoms with Crippen molar-refractivity contribution in [2.24, 2.45) is 0 Å². The third kappa shape index (κ3) is 2.81. The Labute approximate surface area is 115 Å². The summed E-state index contributed by atoms with van der Waals surface area (Å²) in [6, 6.07) is 8.65. The summed E-state index contributed by atoms with van der Waals surface area (Å²) in [6.45, 7) is 2.80. The number of rotatable bonds is 2. The van der Waals surface area contributed by atoms with Gasteiger partial charge >= 0.3 is 0 Å². The minimum Gasteiger partial charge on any atom is -0.343 e. The fraction of sp³-hybridized carbons (Fsp3) is 0.562. The molecule has 1 aromatic carbocycles. The van der Waals surface area contributed by atoms with E-state index >= 15 is 0 Å². The van der Waals surface area contributed by atoms with Gasteiger partial charge in [-0.05, 0) is 24.0 Å². The first-order valence-electron chi connectivity index (χ1n) is 7.43. The predicted molar refractivity (Wildman–Crippen MR) is 75.7 cm³/mol. The van der Waals surface area contributed by atoms with Gasteiger partial charge in [0.25, 0.3) is 0 Å². The van der Waals surface area contributed by atoms with E-state index in [1.54, 1.807) is 0 Å². The number of nitrogens with zero attached hydrogens (tertiary/aromatic N) is 1. The van der Waals surface area contributed by atoms with Gasteiger partial charge in [-0.2, -0.15) is 0 Å². The van der Waals surface area contributed by atoms with Gasteiger partial charge in [-0.25, -0.2) is 0 Å². The monoisotopic (exact) mass is 258 g/mol. The zero-order valence-electron chi connectivity index (χ0n) is 11.4. The normalized spacial score (nSPS) is 22.9. The van der Waals surface area contributed by atoms with Crippen LogP contribution in [0.4, 0.5) is 0 Å². The van der Waals surface area contributed by atoms with Crippen LogP contribution in [0.15, 0.2) is 24.3 Å². The van der Waals surface area contributed by atoms with Gasteiger partial charge in [0.1, 0.15) is 0 Å². The van der Waals surface area contributed by atoms with Crippen molar-refractivity contribution in [3.05, 3.63) is 35.4 Å². The van der Waals surface area contributed by atoms with Crippen LogP contribution in [0.1, 0.15) is 49.3 Å². The Kier molecular flexibility index (Phi) is 3.83. The largest absolute Gasteiger partial charge is 0.343 e. The van der Waals surface area contributed by atoms with Crippen molar-refractivity contribution in [3.8, 4) is 0 Å². The molecule has 0 bridgehead atoms. The van der Waals surface area contributed by atoms with Crippen molar-refractivity contribution in [2.75, 3.05) is 13.1 Å². The molecule has 3 nitrogen and oxygen atoms in total. The summed E-state index contributed by atoms with van der Waals surface area (Å²) in [7, 11) is 0. The maximum Gasteiger partial charge on any atom is 0.224 e. The van der Waals surface area contributed by atoms with Crippen LogP contribution in [0.3, 0.4) is 0 Å². The molecule has 3 heteroatoms. The third-order valence-electron chi connectivity index (χ3n) is 4.31. The van der Waals surface area contributed by atoms with Gasteiger partial charge in [0.15, 0.2) is 0 Å². The minimum absolute atomic E-state index is 0.215. The Hall–Kier alpha value is -1.35. The van der Waals surface area contributed by atoms with Gasteiger partial charge < -0.3 is 10.2 Å². The molecule has 0 aromatic heterocycles. The van der Waals surface area contributed by atoms with E-state index in [1.807, 2.05) is 0 Å². The number of fused-ring (bicyclic) bond motifs is 1. The molecule has 2 aliphatic rings. The zero-order chi connectivity index (χ0) is 13.1. The van der Waals surface area contributed by atoms with Crippen LogP contribution >= 0.6 is 0 Å². The number of carbonyl (C=O) groups is 1. The Morgan fingerprint density at radius 2 is 1.89 bits per heavy atom. The quantitative estimate of drug-likeness (QED) is 0.884. The molecular weight excluding hydrogens is 236 g/mol. The first kappa shape index (κ1) is 12.7. The van der Waals surface area contributed by atoms with Gasteiger partial charge in [0.05, 0.1) is 0 Å². The topological polar surface area (TPSA) is 32.3 Å². The lowest BCUT2D eigenvalue weighted by atomic mass is 10.0. The van der Waals surface area contributed by atoms with Gasteiger partial charge in [-0.15, -0.1) is 0 Å². The van der Waals surface area contributed by atoms with Crippen LogP contribution in [0.2, 0.25) is 0 Å². The standard InChI is InChI=1S/C16H22N2O/c19-16(18-9-5-1-2-6-10-18)11-15-14-8-4-3-7-13(14)12-17-15/h3-4,7-8,15,17H,1-2,5-6,9-12H2. The van der Waals surface area contributed by atoms with Crippen LogP contribution in [0.5, 0.6) is 0 Å². The Morgan fingerprint density at radius 1 is 1.16 bits per heavy atom. The molecular formula is C16H22N2O. The second-order valence-electron chi connectivity index (χ2n) is 5.63. The van der Waals surface area contributed by atoms with E-state index in [-0.39, 0.29) is 6.04 Å². The van der Waals surface area contributed by atoms with E-state index in [9.17, 15) is 4.79 Å². The highest BCUT2D eigenvalue weighted by molar-refractivity contribution is 5.77. The third-order valence-corrected chi connectivity index (χ3v) is 4.31. The predicted octanol–water partition coefficient (Wildman–Crippen LogP) is 2.62. The number of likely N-dealkylation sites (tertiary alicyclic amines) is 1. The summed E-state index contributed by atoms with van der Waals surface area (Å²) in [6.07, 6.45) is 5.49. The van der Waals surface area contributed by atoms with Crippen molar-refractivity contribution in [1.29, 1.82) is 0 Å². The van der Waals surface area contributed by atoms with Crippen molar-refractivity contribution in [2.45, 2.75) is 44.7 Å².